The van der Waals surface area contributed by atoms with E-state index in [1.165, 1.54) is 0 Å². The van der Waals surface area contributed by atoms with Gasteiger partial charge in [0.25, 0.3) is 0 Å². The lowest BCUT2D eigenvalue weighted by Gasteiger charge is -2.12. The number of para-hydroxylation sites is 1. The molecule has 0 atom stereocenters. The molecule has 5 heteroatoms. The fourth-order valence-corrected chi connectivity index (χ4v) is 2.04. The molecular weight excluding hydrogens is 256 g/mol. The van der Waals surface area contributed by atoms with Gasteiger partial charge < -0.3 is 11.1 Å². The van der Waals surface area contributed by atoms with Gasteiger partial charge in [0.1, 0.15) is 4.99 Å². The van der Waals surface area contributed by atoms with E-state index in [1.54, 1.807) is 6.20 Å². The Morgan fingerprint density at radius 3 is 2.74 bits per heavy atom. The third kappa shape index (κ3) is 2.93. The summed E-state index contributed by atoms with van der Waals surface area (Å²) in [6, 6.07) is 6.23. The Kier molecular flexibility index (Phi) is 3.85. The molecule has 0 aliphatic heterocycles. The summed E-state index contributed by atoms with van der Waals surface area (Å²) in [5.74, 6) is 0. The van der Waals surface area contributed by atoms with E-state index in [2.05, 4.69) is 24.3 Å². The molecule has 1 aromatic heterocycles. The van der Waals surface area contributed by atoms with Crippen molar-refractivity contribution in [2.45, 2.75) is 26.8 Å². The zero-order chi connectivity index (χ0) is 14.0. The predicted molar refractivity (Wildman–Crippen MR) is 83.0 cm³/mol. The van der Waals surface area contributed by atoms with Crippen molar-refractivity contribution in [3.8, 4) is 0 Å². The lowest BCUT2D eigenvalue weighted by atomic mass is 10.1. The number of nitrogens with one attached hydrogen (secondary N) is 1. The Hall–Kier alpha value is -1.88. The molecule has 1 heterocycles. The topological polar surface area (TPSA) is 55.9 Å². The Morgan fingerprint density at radius 1 is 1.42 bits per heavy atom. The van der Waals surface area contributed by atoms with Gasteiger partial charge in [-0.05, 0) is 32.4 Å². The summed E-state index contributed by atoms with van der Waals surface area (Å²) in [7, 11) is 0. The zero-order valence-electron chi connectivity index (χ0n) is 11.3. The molecule has 0 bridgehead atoms. The van der Waals surface area contributed by atoms with E-state index in [0.717, 1.165) is 22.5 Å². The summed E-state index contributed by atoms with van der Waals surface area (Å²) in [6.45, 7) is 6.20. The van der Waals surface area contributed by atoms with Gasteiger partial charge in [-0.3, -0.25) is 4.68 Å². The van der Waals surface area contributed by atoms with Crippen LogP contribution in [0.25, 0.3) is 0 Å². The van der Waals surface area contributed by atoms with Crippen LogP contribution in [0.2, 0.25) is 0 Å². The van der Waals surface area contributed by atoms with Crippen LogP contribution in [0.1, 0.15) is 31.0 Å². The lowest BCUT2D eigenvalue weighted by Crippen LogP contribution is -2.12. The molecule has 0 spiro atoms. The third-order valence-electron chi connectivity index (χ3n) is 2.94. The van der Waals surface area contributed by atoms with Gasteiger partial charge in [-0.2, -0.15) is 5.10 Å². The standard InChI is InChI=1S/C14H18N4S/c1-9(2)18-8-11(7-16-18)17-13-10(3)5-4-6-12(13)14(15)19/h4-9,17H,1-3H3,(H2,15,19). The molecular formula is C14H18N4S. The van der Waals surface area contributed by atoms with Gasteiger partial charge >= 0.3 is 0 Å². The van der Waals surface area contributed by atoms with E-state index in [-0.39, 0.29) is 0 Å². The minimum atomic E-state index is 0.336. The van der Waals surface area contributed by atoms with Crippen molar-refractivity contribution in [3.63, 3.8) is 0 Å². The molecule has 0 saturated heterocycles. The minimum absolute atomic E-state index is 0.336. The van der Waals surface area contributed by atoms with Gasteiger partial charge in [-0.15, -0.1) is 0 Å². The summed E-state index contributed by atoms with van der Waals surface area (Å²) in [5, 5.41) is 7.65. The monoisotopic (exact) mass is 274 g/mol. The second kappa shape index (κ2) is 5.40. The van der Waals surface area contributed by atoms with E-state index in [4.69, 9.17) is 18.0 Å². The van der Waals surface area contributed by atoms with Crippen molar-refractivity contribution in [2.75, 3.05) is 5.32 Å². The molecule has 0 saturated carbocycles. The van der Waals surface area contributed by atoms with Crippen LogP contribution in [0.3, 0.4) is 0 Å². The maximum absolute atomic E-state index is 5.76. The van der Waals surface area contributed by atoms with Crippen molar-refractivity contribution < 1.29 is 0 Å². The molecule has 19 heavy (non-hydrogen) atoms. The summed E-state index contributed by atoms with van der Waals surface area (Å²) in [4.78, 5) is 0.391. The molecule has 0 fully saturated rings. The lowest BCUT2D eigenvalue weighted by molar-refractivity contribution is 0.532. The van der Waals surface area contributed by atoms with Crippen LogP contribution < -0.4 is 11.1 Å². The van der Waals surface area contributed by atoms with Gasteiger partial charge in [0.15, 0.2) is 0 Å². The molecule has 3 N–H and O–H groups in total. The zero-order valence-corrected chi connectivity index (χ0v) is 12.2. The Morgan fingerprint density at radius 2 is 2.16 bits per heavy atom. The van der Waals surface area contributed by atoms with E-state index in [9.17, 15) is 0 Å². The second-order valence-corrected chi connectivity index (χ2v) is 5.23. The van der Waals surface area contributed by atoms with Crippen LogP contribution in [-0.4, -0.2) is 14.8 Å². The number of hydrogen-bond acceptors (Lipinski definition) is 3. The predicted octanol–water partition coefficient (Wildman–Crippen LogP) is 3.15. The van der Waals surface area contributed by atoms with Crippen LogP contribution in [0.15, 0.2) is 30.6 Å². The highest BCUT2D eigenvalue weighted by atomic mass is 32.1. The average Bonchev–Trinajstić information content (AvgIpc) is 2.80. The number of nitrogens with two attached hydrogens (primary N) is 1. The second-order valence-electron chi connectivity index (χ2n) is 4.79. The average molecular weight is 274 g/mol. The van der Waals surface area contributed by atoms with E-state index in [0.29, 0.717) is 11.0 Å². The number of nitrogens with zero attached hydrogens (tertiary/aromatic N) is 2. The Balaban J connectivity index is 2.34. The van der Waals surface area contributed by atoms with Crippen LogP contribution in [0.4, 0.5) is 11.4 Å². The van der Waals surface area contributed by atoms with Crippen molar-refractivity contribution in [1.29, 1.82) is 0 Å². The molecule has 1 aromatic carbocycles. The molecule has 0 aliphatic carbocycles. The first-order valence-corrected chi connectivity index (χ1v) is 6.60. The van der Waals surface area contributed by atoms with Crippen LogP contribution in [0, 0.1) is 6.92 Å². The fourth-order valence-electron chi connectivity index (χ4n) is 1.87. The van der Waals surface area contributed by atoms with Crippen molar-refractivity contribution in [1.82, 2.24) is 9.78 Å². The number of anilines is 2. The summed E-state index contributed by atoms with van der Waals surface area (Å²) in [5.41, 5.74) is 9.59. The van der Waals surface area contributed by atoms with Gasteiger partial charge in [0.05, 0.1) is 17.6 Å². The maximum atomic E-state index is 5.76. The molecule has 0 unspecified atom stereocenters. The highest BCUT2D eigenvalue weighted by Gasteiger charge is 2.09. The smallest absolute Gasteiger partial charge is 0.106 e. The molecule has 100 valence electrons. The van der Waals surface area contributed by atoms with E-state index >= 15 is 0 Å². The van der Waals surface area contributed by atoms with Gasteiger partial charge in [0, 0.05) is 17.8 Å². The number of aromatic nitrogens is 2. The minimum Gasteiger partial charge on any atom is -0.389 e. The molecule has 2 rings (SSSR count). The maximum Gasteiger partial charge on any atom is 0.106 e. The first-order valence-electron chi connectivity index (χ1n) is 6.19. The fraction of sp³-hybridized carbons (Fsp3) is 0.286. The van der Waals surface area contributed by atoms with Crippen LogP contribution in [0.5, 0.6) is 0 Å². The Bertz CT molecular complexity index is 601. The molecule has 4 nitrogen and oxygen atoms in total. The normalized spacial score (nSPS) is 10.7. The van der Waals surface area contributed by atoms with Crippen LogP contribution in [-0.2, 0) is 0 Å². The summed E-state index contributed by atoms with van der Waals surface area (Å²) >= 11 is 5.09. The Labute approximate surface area is 118 Å². The largest absolute Gasteiger partial charge is 0.389 e. The van der Waals surface area contributed by atoms with E-state index < -0.39 is 0 Å². The summed E-state index contributed by atoms with van der Waals surface area (Å²) in [6.07, 6.45) is 3.77. The number of thiocarbonyl (C=S) groups is 1. The highest BCUT2D eigenvalue weighted by Crippen LogP contribution is 2.25. The highest BCUT2D eigenvalue weighted by molar-refractivity contribution is 7.80. The van der Waals surface area contributed by atoms with Crippen LogP contribution >= 0.6 is 12.2 Å². The van der Waals surface area contributed by atoms with E-state index in [1.807, 2.05) is 36.0 Å². The SMILES string of the molecule is Cc1cccc(C(N)=S)c1Nc1cnn(C(C)C)c1. The van der Waals surface area contributed by atoms with Crippen molar-refractivity contribution in [3.05, 3.63) is 41.7 Å². The van der Waals surface area contributed by atoms with Gasteiger partial charge in [0.2, 0.25) is 0 Å². The number of benzene rings is 1. The third-order valence-corrected chi connectivity index (χ3v) is 3.16. The van der Waals surface area contributed by atoms with Gasteiger partial charge in [-0.1, -0.05) is 24.4 Å². The summed E-state index contributed by atoms with van der Waals surface area (Å²) < 4.78 is 1.90. The van der Waals surface area contributed by atoms with Crippen molar-refractivity contribution in [2.24, 2.45) is 5.73 Å². The first kappa shape index (κ1) is 13.5. The molecule has 2 aromatic rings. The quantitative estimate of drug-likeness (QED) is 0.841. The molecule has 0 aliphatic rings. The van der Waals surface area contributed by atoms with Gasteiger partial charge in [-0.25, -0.2) is 0 Å². The number of aryl methyl sites for hydroxylation is 1. The molecule has 0 radical (unpaired) electrons. The first-order chi connectivity index (χ1) is 8.99. The number of hydrogen-bond donors (Lipinski definition) is 2. The van der Waals surface area contributed by atoms with Crippen molar-refractivity contribution >= 4 is 28.6 Å². The number of rotatable bonds is 4. The molecule has 0 amide bonds.